The van der Waals surface area contributed by atoms with Gasteiger partial charge in [-0.25, -0.2) is 0 Å². The van der Waals surface area contributed by atoms with Crippen molar-refractivity contribution in [1.29, 1.82) is 0 Å². The lowest BCUT2D eigenvalue weighted by Gasteiger charge is -2.26. The molecule has 8 nitrogen and oxygen atoms in total. The van der Waals surface area contributed by atoms with E-state index in [-0.39, 0.29) is 24.3 Å². The van der Waals surface area contributed by atoms with Gasteiger partial charge in [0.2, 0.25) is 11.8 Å². The van der Waals surface area contributed by atoms with Gasteiger partial charge in [-0.1, -0.05) is 6.92 Å². The number of rotatable bonds is 8. The van der Waals surface area contributed by atoms with Gasteiger partial charge in [0.15, 0.2) is 0 Å². The third-order valence-electron chi connectivity index (χ3n) is 4.81. The fourth-order valence-electron chi connectivity index (χ4n) is 3.15. The summed E-state index contributed by atoms with van der Waals surface area (Å²) in [6.45, 7) is 4.38. The molecule has 2 aromatic carbocycles. The zero-order chi connectivity index (χ0) is 22.1. The predicted molar refractivity (Wildman–Crippen MR) is 120 cm³/mol. The molecule has 3 amide bonds. The maximum Gasteiger partial charge on any atom is 0.254 e. The number of hydrogen-bond donors (Lipinski definition) is 3. The molecule has 2 aromatic rings. The molecule has 1 aliphatic heterocycles. The molecule has 0 aromatic heterocycles. The van der Waals surface area contributed by atoms with Gasteiger partial charge in [0.1, 0.15) is 0 Å². The van der Waals surface area contributed by atoms with Gasteiger partial charge in [-0.2, -0.15) is 0 Å². The Kier molecular flexibility index (Phi) is 8.00. The molecule has 1 saturated heterocycles. The zero-order valence-corrected chi connectivity index (χ0v) is 17.6. The van der Waals surface area contributed by atoms with Crippen LogP contribution in [0.5, 0.6) is 0 Å². The lowest BCUT2D eigenvalue weighted by Crippen LogP contribution is -2.40. The maximum atomic E-state index is 12.5. The van der Waals surface area contributed by atoms with E-state index in [1.807, 2.05) is 6.92 Å². The maximum absolute atomic E-state index is 12.5. The van der Waals surface area contributed by atoms with Crippen molar-refractivity contribution in [3.8, 4) is 0 Å². The van der Waals surface area contributed by atoms with Crippen molar-refractivity contribution in [2.45, 2.75) is 19.8 Å². The summed E-state index contributed by atoms with van der Waals surface area (Å²) in [5.74, 6) is -0.237. The average Bonchev–Trinajstić information content (AvgIpc) is 2.79. The number of anilines is 3. The summed E-state index contributed by atoms with van der Waals surface area (Å²) < 4.78 is 5.27. The number of carbonyl (C=O) groups excluding carboxylic acids is 3. The molecule has 31 heavy (non-hydrogen) atoms. The molecule has 3 rings (SSSR count). The molecule has 0 atom stereocenters. The first-order valence-corrected chi connectivity index (χ1v) is 10.5. The molecule has 3 N–H and O–H groups in total. The molecule has 0 saturated carbocycles. The quantitative estimate of drug-likeness (QED) is 0.605. The van der Waals surface area contributed by atoms with Gasteiger partial charge in [0.05, 0.1) is 19.8 Å². The number of nitrogens with one attached hydrogen (secondary N) is 3. The van der Waals surface area contributed by atoms with Crippen LogP contribution in [0.2, 0.25) is 0 Å². The molecule has 0 aliphatic carbocycles. The molecular weight excluding hydrogens is 396 g/mol. The first-order valence-electron chi connectivity index (χ1n) is 10.5. The smallest absolute Gasteiger partial charge is 0.254 e. The summed E-state index contributed by atoms with van der Waals surface area (Å²) in [6, 6.07) is 14.1. The SMILES string of the molecule is CCCC(=O)Nc1ccc(NC(=O)CNc2ccc(C(=O)N3CCOCC3)cc2)cc1. The Hall–Kier alpha value is -3.39. The third-order valence-corrected chi connectivity index (χ3v) is 4.81. The summed E-state index contributed by atoms with van der Waals surface area (Å²) in [4.78, 5) is 38.1. The minimum Gasteiger partial charge on any atom is -0.378 e. The molecule has 0 unspecified atom stereocenters. The number of ether oxygens (including phenoxy) is 1. The van der Waals surface area contributed by atoms with E-state index >= 15 is 0 Å². The van der Waals surface area contributed by atoms with Gasteiger partial charge in [0.25, 0.3) is 5.91 Å². The second-order valence-electron chi connectivity index (χ2n) is 7.26. The molecule has 1 aliphatic rings. The zero-order valence-electron chi connectivity index (χ0n) is 17.6. The van der Waals surface area contributed by atoms with E-state index in [9.17, 15) is 14.4 Å². The van der Waals surface area contributed by atoms with E-state index in [0.29, 0.717) is 49.7 Å². The minimum absolute atomic E-state index is 0.0121. The topological polar surface area (TPSA) is 99.8 Å². The van der Waals surface area contributed by atoms with Gasteiger partial charge in [-0.05, 0) is 55.0 Å². The molecule has 0 radical (unpaired) electrons. The van der Waals surface area contributed by atoms with Crippen molar-refractivity contribution in [3.63, 3.8) is 0 Å². The summed E-state index contributed by atoms with van der Waals surface area (Å²) in [7, 11) is 0. The first kappa shape index (κ1) is 22.3. The van der Waals surface area contributed by atoms with E-state index in [2.05, 4.69) is 16.0 Å². The summed E-state index contributed by atoms with van der Waals surface area (Å²) in [6.07, 6.45) is 1.27. The van der Waals surface area contributed by atoms with Gasteiger partial charge in [-0.15, -0.1) is 0 Å². The third kappa shape index (κ3) is 6.82. The fraction of sp³-hybridized carbons (Fsp3) is 0.348. The number of amides is 3. The van der Waals surface area contributed by atoms with E-state index < -0.39 is 0 Å². The Morgan fingerprint density at radius 1 is 0.839 bits per heavy atom. The van der Waals surface area contributed by atoms with Gasteiger partial charge >= 0.3 is 0 Å². The molecule has 164 valence electrons. The summed E-state index contributed by atoms with van der Waals surface area (Å²) in [5.41, 5.74) is 2.71. The van der Waals surface area contributed by atoms with Crippen LogP contribution in [-0.4, -0.2) is 55.5 Å². The van der Waals surface area contributed by atoms with Crippen LogP contribution in [0.25, 0.3) is 0 Å². The summed E-state index contributed by atoms with van der Waals surface area (Å²) >= 11 is 0. The van der Waals surface area contributed by atoms with Crippen molar-refractivity contribution < 1.29 is 19.1 Å². The highest BCUT2D eigenvalue weighted by Crippen LogP contribution is 2.15. The highest BCUT2D eigenvalue weighted by molar-refractivity contribution is 5.96. The molecular formula is C23H28N4O4. The predicted octanol–water partition coefficient (Wildman–Crippen LogP) is 2.95. The van der Waals surface area contributed by atoms with Crippen molar-refractivity contribution >= 4 is 34.8 Å². The van der Waals surface area contributed by atoms with Crippen LogP contribution < -0.4 is 16.0 Å². The van der Waals surface area contributed by atoms with Crippen LogP contribution >= 0.6 is 0 Å². The highest BCUT2D eigenvalue weighted by Gasteiger charge is 2.18. The Bertz CT molecular complexity index is 891. The monoisotopic (exact) mass is 424 g/mol. The Balaban J connectivity index is 1.45. The number of carbonyl (C=O) groups is 3. The molecule has 0 bridgehead atoms. The van der Waals surface area contributed by atoms with Crippen molar-refractivity contribution in [2.24, 2.45) is 0 Å². The van der Waals surface area contributed by atoms with Crippen LogP contribution in [-0.2, 0) is 14.3 Å². The highest BCUT2D eigenvalue weighted by atomic mass is 16.5. The number of hydrogen-bond acceptors (Lipinski definition) is 5. The second-order valence-corrected chi connectivity index (χ2v) is 7.26. The number of morpholine rings is 1. The van der Waals surface area contributed by atoms with Crippen molar-refractivity contribution in [3.05, 3.63) is 54.1 Å². The number of benzene rings is 2. The van der Waals surface area contributed by atoms with Crippen LogP contribution in [0.15, 0.2) is 48.5 Å². The van der Waals surface area contributed by atoms with Crippen LogP contribution in [0.4, 0.5) is 17.1 Å². The standard InChI is InChI=1S/C23H28N4O4/c1-2-3-21(28)25-19-8-10-20(11-9-19)26-22(29)16-24-18-6-4-17(5-7-18)23(30)27-12-14-31-15-13-27/h4-11,24H,2-3,12-16H2,1H3,(H,25,28)(H,26,29). The van der Waals surface area contributed by atoms with E-state index in [4.69, 9.17) is 4.74 Å². The van der Waals surface area contributed by atoms with Crippen LogP contribution in [0.3, 0.4) is 0 Å². The van der Waals surface area contributed by atoms with E-state index in [1.165, 1.54) is 0 Å². The van der Waals surface area contributed by atoms with Gasteiger partial charge in [-0.3, -0.25) is 14.4 Å². The molecule has 1 fully saturated rings. The Morgan fingerprint density at radius 2 is 1.39 bits per heavy atom. The average molecular weight is 425 g/mol. The molecule has 8 heteroatoms. The molecule has 0 spiro atoms. The van der Waals surface area contributed by atoms with Crippen molar-refractivity contribution in [2.75, 3.05) is 48.8 Å². The first-order chi connectivity index (χ1) is 15.0. The normalized spacial score (nSPS) is 13.4. The lowest BCUT2D eigenvalue weighted by atomic mass is 10.1. The van der Waals surface area contributed by atoms with Gasteiger partial charge < -0.3 is 25.6 Å². The van der Waals surface area contributed by atoms with E-state index in [1.54, 1.807) is 53.4 Å². The number of nitrogens with zero attached hydrogens (tertiary/aromatic N) is 1. The summed E-state index contributed by atoms with van der Waals surface area (Å²) in [5, 5.41) is 8.66. The lowest BCUT2D eigenvalue weighted by molar-refractivity contribution is -0.116. The molecule has 1 heterocycles. The fourth-order valence-corrected chi connectivity index (χ4v) is 3.15. The largest absolute Gasteiger partial charge is 0.378 e. The Morgan fingerprint density at radius 3 is 1.97 bits per heavy atom. The second kappa shape index (κ2) is 11.1. The van der Waals surface area contributed by atoms with E-state index in [0.717, 1.165) is 12.1 Å². The van der Waals surface area contributed by atoms with Gasteiger partial charge in [0, 0.05) is 42.1 Å². The van der Waals surface area contributed by atoms with Crippen molar-refractivity contribution in [1.82, 2.24) is 4.90 Å². The van der Waals surface area contributed by atoms with Crippen LogP contribution in [0.1, 0.15) is 30.1 Å². The Labute approximate surface area is 182 Å². The minimum atomic E-state index is -0.198. The van der Waals surface area contributed by atoms with Crippen LogP contribution in [0, 0.1) is 0 Å².